The molecule has 0 aromatic carbocycles. The number of nitrogens with zero attached hydrogens (tertiary/aromatic N) is 3. The van der Waals surface area contributed by atoms with Gasteiger partial charge in [-0.25, -0.2) is 9.78 Å². The van der Waals surface area contributed by atoms with Crippen LogP contribution in [0.2, 0.25) is 0 Å². The zero-order chi connectivity index (χ0) is 16.3. The number of hydrogen-bond donors (Lipinski definition) is 1. The third-order valence-electron chi connectivity index (χ3n) is 3.69. The fourth-order valence-electron chi connectivity index (χ4n) is 2.58. The molecule has 0 spiro atoms. The van der Waals surface area contributed by atoms with Crippen LogP contribution in [0.3, 0.4) is 0 Å². The molecule has 1 amide bonds. The van der Waals surface area contributed by atoms with Gasteiger partial charge in [0, 0.05) is 26.3 Å². The second-order valence-electron chi connectivity index (χ2n) is 6.68. The van der Waals surface area contributed by atoms with Crippen LogP contribution < -0.4 is 4.90 Å². The molecule has 1 fully saturated rings. The third kappa shape index (κ3) is 4.02. The number of pyridine rings is 1. The summed E-state index contributed by atoms with van der Waals surface area (Å²) in [6.45, 7) is 7.04. The number of ether oxygens (including phenoxy) is 1. The molecule has 1 saturated heterocycles. The number of carbonyl (C=O) groups is 1. The average molecular weight is 307 g/mol. The Labute approximate surface area is 131 Å². The van der Waals surface area contributed by atoms with E-state index in [1.165, 1.54) is 0 Å². The molecule has 6 nitrogen and oxygen atoms in total. The van der Waals surface area contributed by atoms with Crippen molar-refractivity contribution >= 4 is 11.9 Å². The lowest BCUT2D eigenvalue weighted by atomic mass is 10.0. The third-order valence-corrected chi connectivity index (χ3v) is 3.69. The maximum absolute atomic E-state index is 12.2. The number of amides is 1. The van der Waals surface area contributed by atoms with Crippen molar-refractivity contribution in [2.75, 3.05) is 25.0 Å². The van der Waals surface area contributed by atoms with E-state index >= 15 is 0 Å². The van der Waals surface area contributed by atoms with E-state index in [2.05, 4.69) is 4.98 Å². The van der Waals surface area contributed by atoms with E-state index in [4.69, 9.17) is 4.74 Å². The van der Waals surface area contributed by atoms with Gasteiger partial charge >= 0.3 is 6.09 Å². The Hall–Kier alpha value is -1.98. The van der Waals surface area contributed by atoms with Crippen molar-refractivity contribution in [2.24, 2.45) is 0 Å². The van der Waals surface area contributed by atoms with E-state index < -0.39 is 5.60 Å². The molecule has 1 aromatic heterocycles. The van der Waals surface area contributed by atoms with Crippen LogP contribution in [0.25, 0.3) is 0 Å². The molecular weight excluding hydrogens is 282 g/mol. The molecule has 0 radical (unpaired) electrons. The Kier molecular flexibility index (Phi) is 4.78. The van der Waals surface area contributed by atoms with Gasteiger partial charge in [0.2, 0.25) is 0 Å². The summed E-state index contributed by atoms with van der Waals surface area (Å²) in [6.07, 6.45) is 3.20. The molecule has 122 valence electrons. The minimum absolute atomic E-state index is 0.0463. The monoisotopic (exact) mass is 307 g/mol. The van der Waals surface area contributed by atoms with Gasteiger partial charge in [0.1, 0.15) is 5.60 Å². The number of likely N-dealkylation sites (N-methyl/N-ethyl adjacent to an activating group) is 1. The number of carbonyl (C=O) groups excluding carboxylic acids is 1. The van der Waals surface area contributed by atoms with Gasteiger partial charge in [0.05, 0.1) is 6.04 Å². The fourth-order valence-corrected chi connectivity index (χ4v) is 2.58. The number of aromatic hydroxyl groups is 1. The van der Waals surface area contributed by atoms with E-state index in [-0.39, 0.29) is 17.9 Å². The lowest BCUT2D eigenvalue weighted by Crippen LogP contribution is -2.50. The summed E-state index contributed by atoms with van der Waals surface area (Å²) < 4.78 is 5.42. The van der Waals surface area contributed by atoms with Gasteiger partial charge < -0.3 is 19.6 Å². The van der Waals surface area contributed by atoms with Crippen LogP contribution in [0.5, 0.6) is 5.75 Å². The van der Waals surface area contributed by atoms with Crippen LogP contribution in [-0.2, 0) is 4.74 Å². The molecular formula is C16H25N3O3. The predicted octanol–water partition coefficient (Wildman–Crippen LogP) is 2.62. The highest BCUT2D eigenvalue weighted by Gasteiger charge is 2.30. The van der Waals surface area contributed by atoms with Crippen LogP contribution in [0.4, 0.5) is 10.6 Å². The van der Waals surface area contributed by atoms with Crippen LogP contribution in [0.15, 0.2) is 18.3 Å². The largest absolute Gasteiger partial charge is 0.504 e. The van der Waals surface area contributed by atoms with Gasteiger partial charge in [-0.2, -0.15) is 0 Å². The first-order valence-corrected chi connectivity index (χ1v) is 7.62. The lowest BCUT2D eigenvalue weighted by molar-refractivity contribution is 0.0209. The molecule has 0 bridgehead atoms. The smallest absolute Gasteiger partial charge is 0.410 e. The van der Waals surface area contributed by atoms with Crippen LogP contribution in [0.1, 0.15) is 33.6 Å². The number of piperidine rings is 1. The quantitative estimate of drug-likeness (QED) is 0.910. The molecule has 1 unspecified atom stereocenters. The van der Waals surface area contributed by atoms with Crippen LogP contribution in [-0.4, -0.2) is 52.9 Å². The average Bonchev–Trinajstić information content (AvgIpc) is 2.45. The van der Waals surface area contributed by atoms with E-state index in [0.717, 1.165) is 19.4 Å². The summed E-state index contributed by atoms with van der Waals surface area (Å²) in [5.41, 5.74) is -0.501. The summed E-state index contributed by atoms with van der Waals surface area (Å²) in [5, 5.41) is 9.94. The zero-order valence-corrected chi connectivity index (χ0v) is 13.7. The Morgan fingerprint density at radius 1 is 1.50 bits per heavy atom. The number of hydrogen-bond acceptors (Lipinski definition) is 5. The second-order valence-corrected chi connectivity index (χ2v) is 6.68. The van der Waals surface area contributed by atoms with Crippen molar-refractivity contribution in [3.8, 4) is 5.75 Å². The summed E-state index contributed by atoms with van der Waals surface area (Å²) in [5.74, 6) is 0.743. The zero-order valence-electron chi connectivity index (χ0n) is 13.7. The lowest BCUT2D eigenvalue weighted by Gasteiger charge is -2.38. The molecule has 1 atom stereocenters. The van der Waals surface area contributed by atoms with Gasteiger partial charge in [-0.15, -0.1) is 0 Å². The Morgan fingerprint density at radius 3 is 2.86 bits per heavy atom. The normalized spacial score (nSPS) is 18.9. The molecule has 0 saturated carbocycles. The highest BCUT2D eigenvalue weighted by molar-refractivity contribution is 5.68. The van der Waals surface area contributed by atoms with Crippen molar-refractivity contribution in [2.45, 2.75) is 45.3 Å². The van der Waals surface area contributed by atoms with E-state index in [1.54, 1.807) is 30.3 Å². The van der Waals surface area contributed by atoms with Gasteiger partial charge in [0.15, 0.2) is 11.6 Å². The summed E-state index contributed by atoms with van der Waals surface area (Å²) in [7, 11) is 1.76. The first-order chi connectivity index (χ1) is 10.3. The standard InChI is InChI=1S/C16H25N3O3/c1-16(2,3)22-15(21)18(4)12-7-6-10-19(11-12)14-13(20)8-5-9-17-14/h5,8-9,12,20H,6-7,10-11H2,1-4H3. The highest BCUT2D eigenvalue weighted by Crippen LogP contribution is 2.27. The molecule has 1 aliphatic heterocycles. The summed E-state index contributed by atoms with van der Waals surface area (Å²) in [6, 6.07) is 3.38. The Balaban J connectivity index is 2.04. The summed E-state index contributed by atoms with van der Waals surface area (Å²) in [4.78, 5) is 20.1. The van der Waals surface area contributed by atoms with Gasteiger partial charge in [0.25, 0.3) is 0 Å². The Morgan fingerprint density at radius 2 is 2.23 bits per heavy atom. The second kappa shape index (κ2) is 6.42. The van der Waals surface area contributed by atoms with E-state index in [1.807, 2.05) is 25.7 Å². The maximum Gasteiger partial charge on any atom is 0.410 e. The maximum atomic E-state index is 12.2. The molecule has 1 aromatic rings. The van der Waals surface area contributed by atoms with Gasteiger partial charge in [-0.1, -0.05) is 0 Å². The molecule has 0 aliphatic carbocycles. The highest BCUT2D eigenvalue weighted by atomic mass is 16.6. The molecule has 2 heterocycles. The number of rotatable bonds is 2. The van der Waals surface area contributed by atoms with Crippen molar-refractivity contribution < 1.29 is 14.6 Å². The fraction of sp³-hybridized carbons (Fsp3) is 0.625. The Bertz CT molecular complexity index is 528. The molecule has 22 heavy (non-hydrogen) atoms. The van der Waals surface area contributed by atoms with Crippen molar-refractivity contribution in [1.29, 1.82) is 0 Å². The molecule has 2 rings (SSSR count). The van der Waals surface area contributed by atoms with Crippen molar-refractivity contribution in [1.82, 2.24) is 9.88 Å². The van der Waals surface area contributed by atoms with Crippen molar-refractivity contribution in [3.63, 3.8) is 0 Å². The van der Waals surface area contributed by atoms with E-state index in [9.17, 15) is 9.90 Å². The SMILES string of the molecule is CN(C(=O)OC(C)(C)C)C1CCCN(c2ncccc2O)C1. The number of anilines is 1. The minimum atomic E-state index is -0.501. The minimum Gasteiger partial charge on any atom is -0.504 e. The first kappa shape index (κ1) is 16.4. The van der Waals surface area contributed by atoms with Crippen LogP contribution >= 0.6 is 0 Å². The van der Waals surface area contributed by atoms with Gasteiger partial charge in [-0.05, 0) is 45.7 Å². The number of aromatic nitrogens is 1. The molecule has 6 heteroatoms. The first-order valence-electron chi connectivity index (χ1n) is 7.62. The van der Waals surface area contributed by atoms with Crippen LogP contribution in [0, 0.1) is 0 Å². The topological polar surface area (TPSA) is 65.9 Å². The van der Waals surface area contributed by atoms with Gasteiger partial charge in [-0.3, -0.25) is 0 Å². The van der Waals surface area contributed by atoms with E-state index in [0.29, 0.717) is 12.4 Å². The van der Waals surface area contributed by atoms with Crippen molar-refractivity contribution in [3.05, 3.63) is 18.3 Å². The summed E-state index contributed by atoms with van der Waals surface area (Å²) >= 11 is 0. The molecule has 1 N–H and O–H groups in total. The molecule has 1 aliphatic rings. The predicted molar refractivity (Wildman–Crippen MR) is 85.1 cm³/mol.